The third-order valence-corrected chi connectivity index (χ3v) is 5.28. The fourth-order valence-electron chi connectivity index (χ4n) is 3.53. The number of benzene rings is 1. The van der Waals surface area contributed by atoms with Gasteiger partial charge in [-0.1, -0.05) is 47.1 Å². The van der Waals surface area contributed by atoms with Crippen LogP contribution in [-0.2, 0) is 13.0 Å². The number of nitrogens with zero attached hydrogens (tertiary/aromatic N) is 5. The molecule has 0 atom stereocenters. The van der Waals surface area contributed by atoms with Crippen molar-refractivity contribution in [2.45, 2.75) is 33.7 Å². The highest BCUT2D eigenvalue weighted by atomic mass is 16.5. The number of hydrogen-bond donors (Lipinski definition) is 0. The van der Waals surface area contributed by atoms with Crippen molar-refractivity contribution in [1.29, 1.82) is 0 Å². The number of amides is 1. The summed E-state index contributed by atoms with van der Waals surface area (Å²) in [7, 11) is 0. The van der Waals surface area contributed by atoms with E-state index in [0.717, 1.165) is 24.3 Å². The minimum Gasteiger partial charge on any atom is -0.361 e. The maximum Gasteiger partial charge on any atom is 0.259 e. The first kappa shape index (κ1) is 19.3. The van der Waals surface area contributed by atoms with Crippen LogP contribution in [0.1, 0.15) is 40.2 Å². The highest BCUT2D eigenvalue weighted by molar-refractivity contribution is 5.96. The maximum absolute atomic E-state index is 12.9. The van der Waals surface area contributed by atoms with Crippen LogP contribution in [0, 0.1) is 13.8 Å². The summed E-state index contributed by atoms with van der Waals surface area (Å²) in [6.45, 7) is 9.17. The summed E-state index contributed by atoms with van der Waals surface area (Å²) >= 11 is 0. The van der Waals surface area contributed by atoms with Crippen LogP contribution >= 0.6 is 0 Å². The second kappa shape index (κ2) is 8.16. The molecule has 0 unspecified atom stereocenters. The first-order valence-corrected chi connectivity index (χ1v) is 9.91. The molecule has 8 heteroatoms. The monoisotopic (exact) mass is 395 g/mol. The van der Waals surface area contributed by atoms with E-state index >= 15 is 0 Å². The van der Waals surface area contributed by atoms with Gasteiger partial charge >= 0.3 is 0 Å². The molecule has 0 saturated carbocycles. The molecule has 1 amide bonds. The Morgan fingerprint density at radius 1 is 1.03 bits per heavy atom. The van der Waals surface area contributed by atoms with Gasteiger partial charge in [-0.25, -0.2) is 0 Å². The van der Waals surface area contributed by atoms with E-state index in [2.05, 4.69) is 20.2 Å². The molecule has 2 aromatic heterocycles. The fraction of sp³-hybridized carbons (Fsp3) is 0.429. The second-order valence-corrected chi connectivity index (χ2v) is 7.36. The van der Waals surface area contributed by atoms with Gasteiger partial charge in [0.05, 0.1) is 12.2 Å². The molecule has 29 heavy (non-hydrogen) atoms. The summed E-state index contributed by atoms with van der Waals surface area (Å²) in [5, 5.41) is 8.09. The van der Waals surface area contributed by atoms with Gasteiger partial charge in [-0.05, 0) is 20.3 Å². The molecular weight excluding hydrogens is 370 g/mol. The molecule has 8 nitrogen and oxygen atoms in total. The normalized spacial score (nSPS) is 15.1. The van der Waals surface area contributed by atoms with Crippen LogP contribution in [0.3, 0.4) is 0 Å². The summed E-state index contributed by atoms with van der Waals surface area (Å²) in [5.41, 5.74) is 3.47. The van der Waals surface area contributed by atoms with Crippen LogP contribution in [-0.4, -0.2) is 57.2 Å². The molecule has 1 aromatic carbocycles. The lowest BCUT2D eigenvalue weighted by atomic mass is 10.1. The van der Waals surface area contributed by atoms with Gasteiger partial charge in [-0.15, -0.1) is 0 Å². The Morgan fingerprint density at radius 2 is 1.76 bits per heavy atom. The number of aromatic nitrogens is 3. The number of carbonyl (C=O) groups is 1. The number of piperazine rings is 1. The van der Waals surface area contributed by atoms with E-state index < -0.39 is 0 Å². The lowest BCUT2D eigenvalue weighted by Crippen LogP contribution is -2.48. The number of carbonyl (C=O) groups excluding carboxylic acids is 1. The SMILES string of the molecule is CCc1noc(C)c1C(=O)N1CCN(Cc2nc(-c3ccc(C)cc3)no2)CC1. The lowest BCUT2D eigenvalue weighted by molar-refractivity contribution is 0.0612. The highest BCUT2D eigenvalue weighted by Gasteiger charge is 2.28. The van der Waals surface area contributed by atoms with Crippen LogP contribution in [0.25, 0.3) is 11.4 Å². The lowest BCUT2D eigenvalue weighted by Gasteiger charge is -2.33. The molecule has 1 aliphatic heterocycles. The Labute approximate surface area is 169 Å². The molecule has 0 radical (unpaired) electrons. The van der Waals surface area contributed by atoms with E-state index in [0.29, 0.717) is 49.1 Å². The number of rotatable bonds is 5. The summed E-state index contributed by atoms with van der Waals surface area (Å²) < 4.78 is 10.6. The Balaban J connectivity index is 1.35. The van der Waals surface area contributed by atoms with Crippen LogP contribution in [0.5, 0.6) is 0 Å². The quantitative estimate of drug-likeness (QED) is 0.656. The van der Waals surface area contributed by atoms with Crippen molar-refractivity contribution in [2.24, 2.45) is 0 Å². The van der Waals surface area contributed by atoms with Crippen LogP contribution in [0.15, 0.2) is 33.3 Å². The third kappa shape index (κ3) is 4.07. The van der Waals surface area contributed by atoms with Gasteiger partial charge in [0.25, 0.3) is 5.91 Å². The largest absolute Gasteiger partial charge is 0.361 e. The van der Waals surface area contributed by atoms with Gasteiger partial charge in [0, 0.05) is 31.7 Å². The smallest absolute Gasteiger partial charge is 0.259 e. The van der Waals surface area contributed by atoms with E-state index in [-0.39, 0.29) is 5.91 Å². The molecule has 0 aliphatic carbocycles. The minimum atomic E-state index is -0.000280. The summed E-state index contributed by atoms with van der Waals surface area (Å²) in [6.07, 6.45) is 0.679. The molecule has 3 aromatic rings. The van der Waals surface area contributed by atoms with Crippen LogP contribution < -0.4 is 0 Å². The molecule has 1 fully saturated rings. The molecule has 0 N–H and O–H groups in total. The molecule has 4 rings (SSSR count). The fourth-order valence-corrected chi connectivity index (χ4v) is 3.53. The van der Waals surface area contributed by atoms with Crippen molar-refractivity contribution in [3.63, 3.8) is 0 Å². The maximum atomic E-state index is 12.9. The molecule has 0 bridgehead atoms. The molecule has 152 valence electrons. The Bertz CT molecular complexity index is 984. The van der Waals surface area contributed by atoms with Crippen molar-refractivity contribution in [2.75, 3.05) is 26.2 Å². The predicted octanol–water partition coefficient (Wildman–Crippen LogP) is 2.86. The minimum absolute atomic E-state index is 0.000280. The standard InChI is InChI=1S/C21H25N5O3/c1-4-17-19(15(3)28-23-17)21(27)26-11-9-25(10-12-26)13-18-22-20(24-29-18)16-7-5-14(2)6-8-16/h5-8H,4,9-13H2,1-3H3. The molecule has 1 aliphatic rings. The van der Waals surface area contributed by atoms with Crippen molar-refractivity contribution in [1.82, 2.24) is 25.1 Å². The van der Waals surface area contributed by atoms with Gasteiger partial charge in [-0.3, -0.25) is 9.69 Å². The highest BCUT2D eigenvalue weighted by Crippen LogP contribution is 2.19. The van der Waals surface area contributed by atoms with E-state index in [4.69, 9.17) is 9.05 Å². The van der Waals surface area contributed by atoms with Crippen molar-refractivity contribution in [3.05, 3.63) is 52.7 Å². The summed E-state index contributed by atoms with van der Waals surface area (Å²) in [4.78, 5) is 21.5. The molecule has 0 spiro atoms. The van der Waals surface area contributed by atoms with Gasteiger partial charge in [-0.2, -0.15) is 4.98 Å². The van der Waals surface area contributed by atoms with Crippen molar-refractivity contribution >= 4 is 5.91 Å². The predicted molar refractivity (Wildman–Crippen MR) is 106 cm³/mol. The molecule has 1 saturated heterocycles. The zero-order chi connectivity index (χ0) is 20.4. The summed E-state index contributed by atoms with van der Waals surface area (Å²) in [5.74, 6) is 1.77. The third-order valence-electron chi connectivity index (χ3n) is 5.28. The summed E-state index contributed by atoms with van der Waals surface area (Å²) in [6, 6.07) is 8.04. The van der Waals surface area contributed by atoms with Gasteiger partial charge in [0.1, 0.15) is 11.3 Å². The van der Waals surface area contributed by atoms with E-state index in [9.17, 15) is 4.79 Å². The Morgan fingerprint density at radius 3 is 2.45 bits per heavy atom. The van der Waals surface area contributed by atoms with E-state index in [1.54, 1.807) is 6.92 Å². The van der Waals surface area contributed by atoms with Gasteiger partial charge < -0.3 is 13.9 Å². The van der Waals surface area contributed by atoms with Crippen LogP contribution in [0.2, 0.25) is 0 Å². The topological polar surface area (TPSA) is 88.5 Å². The van der Waals surface area contributed by atoms with Crippen molar-refractivity contribution < 1.29 is 13.8 Å². The van der Waals surface area contributed by atoms with E-state index in [1.165, 1.54) is 5.56 Å². The zero-order valence-electron chi connectivity index (χ0n) is 17.0. The van der Waals surface area contributed by atoms with Gasteiger partial charge in [0.2, 0.25) is 11.7 Å². The molecular formula is C21H25N5O3. The first-order valence-electron chi connectivity index (χ1n) is 9.91. The average molecular weight is 395 g/mol. The number of hydrogen-bond acceptors (Lipinski definition) is 7. The van der Waals surface area contributed by atoms with Gasteiger partial charge in [0.15, 0.2) is 0 Å². The molecule has 3 heterocycles. The van der Waals surface area contributed by atoms with Crippen molar-refractivity contribution in [3.8, 4) is 11.4 Å². The average Bonchev–Trinajstić information content (AvgIpc) is 3.35. The Kier molecular flexibility index (Phi) is 5.44. The van der Waals surface area contributed by atoms with Crippen LogP contribution in [0.4, 0.5) is 0 Å². The van der Waals surface area contributed by atoms with E-state index in [1.807, 2.05) is 43.0 Å². The second-order valence-electron chi connectivity index (χ2n) is 7.36. The first-order chi connectivity index (χ1) is 14.0. The Hall–Kier alpha value is -3.00. The number of aryl methyl sites for hydroxylation is 3. The zero-order valence-corrected chi connectivity index (χ0v) is 17.0.